The van der Waals surface area contributed by atoms with E-state index in [-0.39, 0.29) is 23.2 Å². The topological polar surface area (TPSA) is 72.9 Å². The Labute approximate surface area is 110 Å². The fourth-order valence-corrected chi connectivity index (χ4v) is 1.75. The monoisotopic (exact) mass is 262 g/mol. The maximum Gasteiger partial charge on any atom is 0.258 e. The van der Waals surface area contributed by atoms with Crippen LogP contribution in [0.2, 0.25) is 0 Å². The van der Waals surface area contributed by atoms with Gasteiger partial charge in [0, 0.05) is 17.8 Å². The van der Waals surface area contributed by atoms with Gasteiger partial charge in [-0.15, -0.1) is 0 Å². The molecular weight excluding hydrogens is 247 g/mol. The van der Waals surface area contributed by atoms with E-state index in [1.165, 1.54) is 12.1 Å². The molecule has 100 valence electrons. The van der Waals surface area contributed by atoms with Gasteiger partial charge in [0.1, 0.15) is 11.6 Å². The molecule has 0 aliphatic rings. The van der Waals surface area contributed by atoms with Crippen LogP contribution >= 0.6 is 0 Å². The standard InChI is InChI=1S/C13H15FN4O/c1-8(2)18-12(5-6-16-18)17-13(19)10-4-3-9(14)7-11(10)15/h3-8H,15H2,1-2H3,(H,17,19). The third-order valence-corrected chi connectivity index (χ3v) is 2.66. The first kappa shape index (κ1) is 13.1. The summed E-state index contributed by atoms with van der Waals surface area (Å²) in [5, 5.41) is 6.82. The van der Waals surface area contributed by atoms with Gasteiger partial charge in [-0.05, 0) is 32.0 Å². The number of aromatic nitrogens is 2. The van der Waals surface area contributed by atoms with E-state index in [0.29, 0.717) is 5.82 Å². The molecule has 1 aromatic heterocycles. The molecule has 0 saturated carbocycles. The fraction of sp³-hybridized carbons (Fsp3) is 0.231. The van der Waals surface area contributed by atoms with Gasteiger partial charge in [0.05, 0.1) is 11.8 Å². The highest BCUT2D eigenvalue weighted by atomic mass is 19.1. The average molecular weight is 262 g/mol. The number of nitrogens with one attached hydrogen (secondary N) is 1. The summed E-state index contributed by atoms with van der Waals surface area (Å²) in [7, 11) is 0. The molecule has 1 aromatic carbocycles. The third kappa shape index (κ3) is 2.73. The molecule has 2 aromatic rings. The normalized spacial score (nSPS) is 10.7. The number of halogens is 1. The van der Waals surface area contributed by atoms with Crippen molar-refractivity contribution in [2.45, 2.75) is 19.9 Å². The van der Waals surface area contributed by atoms with Crippen molar-refractivity contribution in [1.82, 2.24) is 9.78 Å². The molecule has 0 unspecified atom stereocenters. The van der Waals surface area contributed by atoms with E-state index in [2.05, 4.69) is 10.4 Å². The van der Waals surface area contributed by atoms with E-state index in [4.69, 9.17) is 5.73 Å². The highest BCUT2D eigenvalue weighted by Gasteiger charge is 2.13. The van der Waals surface area contributed by atoms with Crippen LogP contribution in [0, 0.1) is 5.82 Å². The van der Waals surface area contributed by atoms with E-state index >= 15 is 0 Å². The van der Waals surface area contributed by atoms with Gasteiger partial charge in [0.25, 0.3) is 5.91 Å². The van der Waals surface area contributed by atoms with Crippen LogP contribution in [0.25, 0.3) is 0 Å². The Morgan fingerprint density at radius 2 is 2.16 bits per heavy atom. The van der Waals surface area contributed by atoms with Crippen LogP contribution in [-0.2, 0) is 0 Å². The second-order valence-corrected chi connectivity index (χ2v) is 4.44. The first-order valence-electron chi connectivity index (χ1n) is 5.89. The predicted octanol–water partition coefficient (Wildman–Crippen LogP) is 2.44. The molecule has 3 N–H and O–H groups in total. The lowest BCUT2D eigenvalue weighted by Crippen LogP contribution is -2.18. The molecule has 0 saturated heterocycles. The largest absolute Gasteiger partial charge is 0.398 e. The number of carbonyl (C=O) groups excluding carboxylic acids is 1. The molecule has 0 aliphatic carbocycles. The molecule has 0 atom stereocenters. The Morgan fingerprint density at radius 1 is 1.42 bits per heavy atom. The number of nitrogen functional groups attached to an aromatic ring is 1. The van der Waals surface area contributed by atoms with E-state index < -0.39 is 5.82 Å². The number of anilines is 2. The van der Waals surface area contributed by atoms with Crippen LogP contribution in [0.4, 0.5) is 15.9 Å². The summed E-state index contributed by atoms with van der Waals surface area (Å²) in [6.07, 6.45) is 1.60. The van der Waals surface area contributed by atoms with Gasteiger partial charge < -0.3 is 11.1 Å². The third-order valence-electron chi connectivity index (χ3n) is 2.66. The molecule has 0 fully saturated rings. The number of hydrogen-bond donors (Lipinski definition) is 2. The van der Waals surface area contributed by atoms with Gasteiger partial charge in [-0.3, -0.25) is 4.79 Å². The number of nitrogens with zero attached hydrogens (tertiary/aromatic N) is 2. The highest BCUT2D eigenvalue weighted by Crippen LogP contribution is 2.17. The molecule has 0 bridgehead atoms. The van der Waals surface area contributed by atoms with Gasteiger partial charge in [-0.25, -0.2) is 9.07 Å². The van der Waals surface area contributed by atoms with Crippen molar-refractivity contribution in [3.8, 4) is 0 Å². The van der Waals surface area contributed by atoms with E-state index in [1.54, 1.807) is 16.9 Å². The van der Waals surface area contributed by atoms with Crippen molar-refractivity contribution >= 4 is 17.4 Å². The number of nitrogens with two attached hydrogens (primary N) is 1. The number of rotatable bonds is 3. The summed E-state index contributed by atoms with van der Waals surface area (Å²) in [6.45, 7) is 3.91. The lowest BCUT2D eigenvalue weighted by Gasteiger charge is -2.12. The van der Waals surface area contributed by atoms with Crippen molar-refractivity contribution < 1.29 is 9.18 Å². The Bertz CT molecular complexity index is 606. The lowest BCUT2D eigenvalue weighted by atomic mass is 10.1. The quantitative estimate of drug-likeness (QED) is 0.834. The summed E-state index contributed by atoms with van der Waals surface area (Å²) in [5.74, 6) is -0.287. The summed E-state index contributed by atoms with van der Waals surface area (Å²) in [5.41, 5.74) is 5.96. The smallest absolute Gasteiger partial charge is 0.258 e. The molecule has 0 spiro atoms. The number of carbonyl (C=O) groups is 1. The predicted molar refractivity (Wildman–Crippen MR) is 71.4 cm³/mol. The fourth-order valence-electron chi connectivity index (χ4n) is 1.75. The van der Waals surface area contributed by atoms with E-state index in [1.807, 2.05) is 13.8 Å². The van der Waals surface area contributed by atoms with Crippen LogP contribution in [0.5, 0.6) is 0 Å². The van der Waals surface area contributed by atoms with E-state index in [9.17, 15) is 9.18 Å². The highest BCUT2D eigenvalue weighted by molar-refractivity contribution is 6.07. The molecule has 0 radical (unpaired) electrons. The lowest BCUT2D eigenvalue weighted by molar-refractivity contribution is 0.102. The minimum Gasteiger partial charge on any atom is -0.398 e. The minimum absolute atomic E-state index is 0.105. The zero-order valence-electron chi connectivity index (χ0n) is 10.7. The second-order valence-electron chi connectivity index (χ2n) is 4.44. The zero-order valence-corrected chi connectivity index (χ0v) is 10.7. The maximum absolute atomic E-state index is 12.9. The van der Waals surface area contributed by atoms with Crippen LogP contribution in [0.3, 0.4) is 0 Å². The first-order chi connectivity index (χ1) is 8.99. The van der Waals surface area contributed by atoms with Gasteiger partial charge in [0.2, 0.25) is 0 Å². The van der Waals surface area contributed by atoms with Crippen molar-refractivity contribution in [3.63, 3.8) is 0 Å². The Balaban J connectivity index is 2.23. The molecule has 6 heteroatoms. The Kier molecular flexibility index (Phi) is 3.50. The van der Waals surface area contributed by atoms with E-state index in [0.717, 1.165) is 6.07 Å². The van der Waals surface area contributed by atoms with Crippen LogP contribution in [0.1, 0.15) is 30.2 Å². The maximum atomic E-state index is 12.9. The minimum atomic E-state index is -0.471. The summed E-state index contributed by atoms with van der Waals surface area (Å²) in [4.78, 5) is 12.1. The zero-order chi connectivity index (χ0) is 14.0. The molecule has 19 heavy (non-hydrogen) atoms. The molecule has 1 amide bonds. The SMILES string of the molecule is CC(C)n1nccc1NC(=O)c1ccc(F)cc1N. The van der Waals surface area contributed by atoms with Gasteiger partial charge in [-0.2, -0.15) is 5.10 Å². The summed E-state index contributed by atoms with van der Waals surface area (Å²) in [6, 6.07) is 5.49. The molecule has 5 nitrogen and oxygen atoms in total. The average Bonchev–Trinajstić information content (AvgIpc) is 2.76. The van der Waals surface area contributed by atoms with Gasteiger partial charge in [-0.1, -0.05) is 0 Å². The number of hydrogen-bond acceptors (Lipinski definition) is 3. The molecule has 1 heterocycles. The molecule has 2 rings (SSSR count). The molecule has 0 aliphatic heterocycles. The summed E-state index contributed by atoms with van der Waals surface area (Å²) < 4.78 is 14.6. The number of amides is 1. The number of benzene rings is 1. The van der Waals surface area contributed by atoms with Gasteiger partial charge in [0.15, 0.2) is 0 Å². The van der Waals surface area contributed by atoms with Gasteiger partial charge >= 0.3 is 0 Å². The van der Waals surface area contributed by atoms with Crippen molar-refractivity contribution in [3.05, 3.63) is 41.8 Å². The Morgan fingerprint density at radius 3 is 2.79 bits per heavy atom. The molecular formula is C13H15FN4O. The van der Waals surface area contributed by atoms with Crippen molar-refractivity contribution in [2.24, 2.45) is 0 Å². The van der Waals surface area contributed by atoms with Crippen molar-refractivity contribution in [2.75, 3.05) is 11.1 Å². The Hall–Kier alpha value is -2.37. The summed E-state index contributed by atoms with van der Waals surface area (Å²) >= 11 is 0. The second kappa shape index (κ2) is 5.09. The van der Waals surface area contributed by atoms with Crippen LogP contribution < -0.4 is 11.1 Å². The first-order valence-corrected chi connectivity index (χ1v) is 5.89. The van der Waals surface area contributed by atoms with Crippen LogP contribution in [-0.4, -0.2) is 15.7 Å². The van der Waals surface area contributed by atoms with Crippen LogP contribution in [0.15, 0.2) is 30.5 Å². The van der Waals surface area contributed by atoms with Crippen molar-refractivity contribution in [1.29, 1.82) is 0 Å².